The van der Waals surface area contributed by atoms with Crippen LogP contribution in [-0.2, 0) is 0 Å². The van der Waals surface area contributed by atoms with E-state index in [4.69, 9.17) is 12.2 Å². The molecule has 1 amide bonds. The van der Waals surface area contributed by atoms with Gasteiger partial charge in [-0.3, -0.25) is 9.69 Å². The van der Waals surface area contributed by atoms with Crippen LogP contribution >= 0.6 is 12.2 Å². The van der Waals surface area contributed by atoms with Crippen LogP contribution in [0.3, 0.4) is 0 Å². The van der Waals surface area contributed by atoms with Crippen molar-refractivity contribution in [2.45, 2.75) is 32.1 Å². The Morgan fingerprint density at radius 2 is 1.95 bits per heavy atom. The molecule has 0 fully saturated rings. The molecule has 0 radical (unpaired) electrons. The molecule has 0 atom stereocenters. The van der Waals surface area contributed by atoms with E-state index in [-0.39, 0.29) is 5.91 Å². The van der Waals surface area contributed by atoms with Gasteiger partial charge in [0.1, 0.15) is 4.99 Å². The number of rotatable bonds is 3. The molecule has 3 rings (SSSR count). The van der Waals surface area contributed by atoms with Gasteiger partial charge < -0.3 is 0 Å². The van der Waals surface area contributed by atoms with Gasteiger partial charge in [-0.25, -0.2) is 0 Å². The number of carbonyl (C=O) groups is 1. The third kappa shape index (κ3) is 2.35. The molecule has 1 aliphatic carbocycles. The summed E-state index contributed by atoms with van der Waals surface area (Å²) in [5.74, 6) is 0.0667. The van der Waals surface area contributed by atoms with Crippen molar-refractivity contribution < 1.29 is 4.79 Å². The Kier molecular flexibility index (Phi) is 3.47. The fourth-order valence-electron chi connectivity index (χ4n) is 2.83. The molecule has 1 aromatic carbocycles. The Bertz CT molecular complexity index is 527. The minimum absolute atomic E-state index is 0.0667. The highest BCUT2D eigenvalue weighted by Gasteiger charge is 2.31. The van der Waals surface area contributed by atoms with E-state index in [1.54, 1.807) is 4.90 Å². The molecular weight excluding hydrogens is 254 g/mol. The van der Waals surface area contributed by atoms with Crippen molar-refractivity contribution in [3.63, 3.8) is 0 Å². The van der Waals surface area contributed by atoms with Crippen LogP contribution in [0.25, 0.3) is 0 Å². The van der Waals surface area contributed by atoms with E-state index in [0.717, 1.165) is 24.1 Å². The van der Waals surface area contributed by atoms with Gasteiger partial charge >= 0.3 is 0 Å². The summed E-state index contributed by atoms with van der Waals surface area (Å²) >= 11 is 5.42. The topological polar surface area (TPSA) is 20.3 Å². The van der Waals surface area contributed by atoms with E-state index >= 15 is 0 Å². The van der Waals surface area contributed by atoms with E-state index in [0.29, 0.717) is 4.99 Å². The van der Waals surface area contributed by atoms with Gasteiger partial charge in [-0.15, -0.1) is 0 Å². The van der Waals surface area contributed by atoms with Crippen LogP contribution in [0.1, 0.15) is 48.0 Å². The lowest BCUT2D eigenvalue weighted by Gasteiger charge is -2.18. The van der Waals surface area contributed by atoms with Crippen molar-refractivity contribution in [1.29, 1.82) is 0 Å². The number of amides is 1. The Morgan fingerprint density at radius 3 is 2.63 bits per heavy atom. The maximum absolute atomic E-state index is 12.3. The number of hydrogen-bond acceptors (Lipinski definition) is 2. The molecule has 0 saturated heterocycles. The Balaban J connectivity index is 1.72. The lowest BCUT2D eigenvalue weighted by molar-refractivity contribution is 0.0862. The van der Waals surface area contributed by atoms with E-state index in [1.165, 1.54) is 31.3 Å². The minimum atomic E-state index is 0.0667. The summed E-state index contributed by atoms with van der Waals surface area (Å²) in [6, 6.07) is 7.64. The molecule has 3 heteroatoms. The van der Waals surface area contributed by atoms with E-state index in [2.05, 4.69) is 6.08 Å². The Hall–Kier alpha value is -1.48. The molecule has 0 bridgehead atoms. The molecule has 1 heterocycles. The van der Waals surface area contributed by atoms with Crippen molar-refractivity contribution in [2.24, 2.45) is 0 Å². The van der Waals surface area contributed by atoms with Gasteiger partial charge in [0, 0.05) is 12.1 Å². The molecule has 19 heavy (non-hydrogen) atoms. The van der Waals surface area contributed by atoms with Crippen molar-refractivity contribution in [3.8, 4) is 0 Å². The molecule has 0 N–H and O–H groups in total. The molecule has 2 aliphatic rings. The second kappa shape index (κ2) is 5.25. The molecule has 98 valence electrons. The summed E-state index contributed by atoms with van der Waals surface area (Å²) in [4.78, 5) is 14.7. The molecule has 0 unspecified atom stereocenters. The van der Waals surface area contributed by atoms with E-state index < -0.39 is 0 Å². The summed E-state index contributed by atoms with van der Waals surface area (Å²) in [6.45, 7) is 0.720. The van der Waals surface area contributed by atoms with Gasteiger partial charge in [-0.1, -0.05) is 42.1 Å². The van der Waals surface area contributed by atoms with Gasteiger partial charge in [0.2, 0.25) is 0 Å². The highest BCUT2D eigenvalue weighted by Crippen LogP contribution is 2.26. The van der Waals surface area contributed by atoms with Crippen molar-refractivity contribution in [3.05, 3.63) is 47.0 Å². The first-order valence-corrected chi connectivity index (χ1v) is 7.31. The second-order valence-electron chi connectivity index (χ2n) is 5.17. The van der Waals surface area contributed by atoms with Crippen LogP contribution in [0, 0.1) is 0 Å². The number of allylic oxidation sites excluding steroid dienone is 1. The predicted molar refractivity (Wildman–Crippen MR) is 80.3 cm³/mol. The normalized spacial score (nSPS) is 18.5. The summed E-state index contributed by atoms with van der Waals surface area (Å²) in [7, 11) is 0. The number of carbonyl (C=O) groups excluding carboxylic acids is 1. The quantitative estimate of drug-likeness (QED) is 0.617. The highest BCUT2D eigenvalue weighted by atomic mass is 32.1. The van der Waals surface area contributed by atoms with Crippen LogP contribution in [0.2, 0.25) is 0 Å². The largest absolute Gasteiger partial charge is 0.298 e. The van der Waals surface area contributed by atoms with E-state index in [1.807, 2.05) is 24.3 Å². The van der Waals surface area contributed by atoms with Crippen LogP contribution in [0.15, 0.2) is 35.9 Å². The van der Waals surface area contributed by atoms with Crippen molar-refractivity contribution in [2.75, 3.05) is 6.54 Å². The number of hydrogen-bond donors (Lipinski definition) is 0. The smallest absolute Gasteiger partial charge is 0.259 e. The molecule has 0 spiro atoms. The average molecular weight is 271 g/mol. The third-order valence-corrected chi connectivity index (χ3v) is 4.36. The minimum Gasteiger partial charge on any atom is -0.298 e. The first-order chi connectivity index (χ1) is 9.27. The Morgan fingerprint density at radius 1 is 1.16 bits per heavy atom. The van der Waals surface area contributed by atoms with Crippen LogP contribution in [0.5, 0.6) is 0 Å². The molecule has 1 aromatic rings. The van der Waals surface area contributed by atoms with Crippen molar-refractivity contribution in [1.82, 2.24) is 4.90 Å². The fourth-order valence-corrected chi connectivity index (χ4v) is 3.18. The Labute approximate surface area is 119 Å². The number of benzene rings is 1. The maximum atomic E-state index is 12.3. The van der Waals surface area contributed by atoms with Gasteiger partial charge in [-0.05, 0) is 38.2 Å². The summed E-state index contributed by atoms with van der Waals surface area (Å²) in [6.07, 6.45) is 8.25. The SMILES string of the molecule is O=C1c2ccccc2C(=S)N1CCC1=CCCCC1. The fraction of sp³-hybridized carbons (Fsp3) is 0.375. The lowest BCUT2D eigenvalue weighted by Crippen LogP contribution is -2.30. The first-order valence-electron chi connectivity index (χ1n) is 6.90. The summed E-state index contributed by atoms with van der Waals surface area (Å²) < 4.78 is 0. The second-order valence-corrected chi connectivity index (χ2v) is 5.55. The average Bonchev–Trinajstić information content (AvgIpc) is 2.71. The zero-order valence-electron chi connectivity index (χ0n) is 10.9. The number of thiocarbonyl (C=S) groups is 1. The van der Waals surface area contributed by atoms with Gasteiger partial charge in [0.15, 0.2) is 0 Å². The lowest BCUT2D eigenvalue weighted by atomic mass is 9.97. The van der Waals surface area contributed by atoms with Crippen LogP contribution in [0.4, 0.5) is 0 Å². The highest BCUT2D eigenvalue weighted by molar-refractivity contribution is 7.80. The molecule has 0 aromatic heterocycles. The summed E-state index contributed by atoms with van der Waals surface area (Å²) in [5, 5.41) is 0. The third-order valence-electron chi connectivity index (χ3n) is 3.92. The van der Waals surface area contributed by atoms with Crippen LogP contribution < -0.4 is 0 Å². The standard InChI is InChI=1S/C16H17NOS/c18-15-13-8-4-5-9-14(13)16(19)17(15)11-10-12-6-2-1-3-7-12/h4-6,8-9H,1-3,7,10-11H2. The summed E-state index contributed by atoms with van der Waals surface area (Å²) in [5.41, 5.74) is 3.16. The van der Waals surface area contributed by atoms with E-state index in [9.17, 15) is 4.79 Å². The van der Waals surface area contributed by atoms with Gasteiger partial charge in [0.05, 0.1) is 5.56 Å². The molecular formula is C16H17NOS. The predicted octanol–water partition coefficient (Wildman–Crippen LogP) is 3.71. The number of nitrogens with zero attached hydrogens (tertiary/aromatic N) is 1. The molecule has 1 aliphatic heterocycles. The van der Waals surface area contributed by atoms with Gasteiger partial charge in [0.25, 0.3) is 5.91 Å². The zero-order valence-corrected chi connectivity index (χ0v) is 11.7. The van der Waals surface area contributed by atoms with Crippen molar-refractivity contribution >= 4 is 23.1 Å². The molecule has 0 saturated carbocycles. The van der Waals surface area contributed by atoms with Crippen LogP contribution in [-0.4, -0.2) is 22.3 Å². The molecule has 2 nitrogen and oxygen atoms in total. The maximum Gasteiger partial charge on any atom is 0.259 e. The van der Waals surface area contributed by atoms with Gasteiger partial charge in [-0.2, -0.15) is 0 Å². The zero-order chi connectivity index (χ0) is 13.2. The first kappa shape index (κ1) is 12.5. The monoisotopic (exact) mass is 271 g/mol. The number of fused-ring (bicyclic) bond motifs is 1.